The van der Waals surface area contributed by atoms with Gasteiger partial charge in [-0.15, -0.1) is 0 Å². The van der Waals surface area contributed by atoms with Gasteiger partial charge in [0.15, 0.2) is 0 Å². The molecule has 0 radical (unpaired) electrons. The summed E-state index contributed by atoms with van der Waals surface area (Å²) in [6.45, 7) is 1.69. The predicted octanol–water partition coefficient (Wildman–Crippen LogP) is -0.191. The molecular weight excluding hydrogens is 160 g/mol. The lowest BCUT2D eigenvalue weighted by atomic mass is 9.98. The zero-order valence-corrected chi connectivity index (χ0v) is 6.61. The van der Waals surface area contributed by atoms with E-state index in [0.29, 0.717) is 6.61 Å². The van der Waals surface area contributed by atoms with Gasteiger partial charge in [0.2, 0.25) is 5.78 Å². The molecule has 0 aromatic rings. The normalized spacial score (nSPS) is 20.4. The van der Waals surface area contributed by atoms with Crippen molar-refractivity contribution < 1.29 is 19.1 Å². The minimum atomic E-state index is -0.353. The van der Waals surface area contributed by atoms with E-state index in [-0.39, 0.29) is 29.8 Å². The van der Waals surface area contributed by atoms with Gasteiger partial charge in [-0.05, 0) is 0 Å². The summed E-state index contributed by atoms with van der Waals surface area (Å²) in [7, 11) is 0. The van der Waals surface area contributed by atoms with Crippen molar-refractivity contribution in [2.45, 2.75) is 13.3 Å². The third-order valence-electron chi connectivity index (χ3n) is 1.75. The molecule has 1 atom stereocenters. The lowest BCUT2D eigenvalue weighted by molar-refractivity contribution is -0.169. The molecular formula is C7H8N2O3. The van der Waals surface area contributed by atoms with Crippen molar-refractivity contribution >= 4 is 17.5 Å². The summed E-state index contributed by atoms with van der Waals surface area (Å²) in [4.78, 5) is 24.4. The van der Waals surface area contributed by atoms with Gasteiger partial charge in [-0.1, -0.05) is 0 Å². The fourth-order valence-corrected chi connectivity index (χ4v) is 0.839. The van der Waals surface area contributed by atoms with E-state index in [9.17, 15) is 9.59 Å². The molecule has 5 heteroatoms. The lowest BCUT2D eigenvalue weighted by Gasteiger charge is -2.22. The number of hydrogen-bond donors (Lipinski definition) is 0. The van der Waals surface area contributed by atoms with Crippen molar-refractivity contribution in [1.29, 1.82) is 0 Å². The third-order valence-corrected chi connectivity index (χ3v) is 1.75. The van der Waals surface area contributed by atoms with Gasteiger partial charge < -0.3 is 10.3 Å². The lowest BCUT2D eigenvalue weighted by Crippen LogP contribution is -2.37. The molecule has 0 aromatic carbocycles. The molecule has 0 aromatic heterocycles. The summed E-state index contributed by atoms with van der Waals surface area (Å²) in [6.07, 6.45) is 0.0781. The number of nitrogens with zero attached hydrogens (tertiary/aromatic N) is 2. The highest BCUT2D eigenvalue weighted by atomic mass is 16.6. The molecule has 0 amide bonds. The molecule has 1 heterocycles. The van der Waals surface area contributed by atoms with E-state index in [1.54, 1.807) is 0 Å². The van der Waals surface area contributed by atoms with Crippen LogP contribution < -0.4 is 0 Å². The van der Waals surface area contributed by atoms with E-state index in [1.807, 2.05) is 0 Å². The first-order valence-corrected chi connectivity index (χ1v) is 3.53. The van der Waals surface area contributed by atoms with Crippen LogP contribution in [0.2, 0.25) is 0 Å². The van der Waals surface area contributed by atoms with Crippen LogP contribution in [0.15, 0.2) is 0 Å². The SMILES string of the molecule is CC(=[N+]=[N-])C(=O)C[C@@H]1COC1=O. The van der Waals surface area contributed by atoms with E-state index in [1.165, 1.54) is 6.92 Å². The van der Waals surface area contributed by atoms with Crippen molar-refractivity contribution in [3.63, 3.8) is 0 Å². The number of cyclic esters (lactones) is 1. The van der Waals surface area contributed by atoms with Gasteiger partial charge in [0.05, 0.1) is 5.92 Å². The number of carbonyl (C=O) groups is 2. The minimum Gasteiger partial charge on any atom is -0.464 e. The number of rotatable bonds is 3. The first-order chi connectivity index (χ1) is 5.65. The Morgan fingerprint density at radius 2 is 2.50 bits per heavy atom. The Morgan fingerprint density at radius 3 is 2.83 bits per heavy atom. The van der Waals surface area contributed by atoms with Crippen molar-refractivity contribution in [3.05, 3.63) is 5.53 Å². The zero-order valence-electron chi connectivity index (χ0n) is 6.61. The van der Waals surface area contributed by atoms with Crippen LogP contribution in [0.3, 0.4) is 0 Å². The summed E-state index contributed by atoms with van der Waals surface area (Å²) in [5.41, 5.74) is 8.25. The van der Waals surface area contributed by atoms with Crippen LogP contribution >= 0.6 is 0 Å². The second-order valence-corrected chi connectivity index (χ2v) is 2.64. The number of ether oxygens (including phenoxy) is 1. The molecule has 1 fully saturated rings. The molecule has 0 saturated carbocycles. The monoisotopic (exact) mass is 168 g/mol. The fraction of sp³-hybridized carbons (Fsp3) is 0.571. The van der Waals surface area contributed by atoms with Gasteiger partial charge in [0.1, 0.15) is 6.61 Å². The highest BCUT2D eigenvalue weighted by molar-refractivity contribution is 6.36. The van der Waals surface area contributed by atoms with Gasteiger partial charge in [-0.25, -0.2) is 0 Å². The molecule has 1 rings (SSSR count). The summed E-state index contributed by atoms with van der Waals surface area (Å²) in [5, 5.41) is 0. The van der Waals surface area contributed by atoms with Gasteiger partial charge in [-0.3, -0.25) is 9.59 Å². The maximum Gasteiger partial charge on any atom is 0.331 e. The van der Waals surface area contributed by atoms with Gasteiger partial charge in [-0.2, -0.15) is 4.79 Å². The molecule has 5 nitrogen and oxygen atoms in total. The van der Waals surface area contributed by atoms with Crippen molar-refractivity contribution in [3.8, 4) is 0 Å². The molecule has 12 heavy (non-hydrogen) atoms. The molecule has 0 N–H and O–H groups in total. The number of carbonyl (C=O) groups excluding carboxylic acids is 2. The Labute approximate surface area is 68.9 Å². The standard InChI is InChI=1S/C7H8N2O3/c1-4(9-8)6(10)2-5-3-12-7(5)11/h5H,2-3H2,1H3/t5-/m1/s1. The van der Waals surface area contributed by atoms with Crippen molar-refractivity contribution in [2.75, 3.05) is 6.61 Å². The fourth-order valence-electron chi connectivity index (χ4n) is 0.839. The summed E-state index contributed by atoms with van der Waals surface area (Å²) < 4.78 is 4.46. The Kier molecular flexibility index (Phi) is 2.35. The minimum absolute atomic E-state index is 0.0229. The van der Waals surface area contributed by atoms with Crippen LogP contribution in [0.4, 0.5) is 0 Å². The van der Waals surface area contributed by atoms with Crippen LogP contribution in [0, 0.1) is 5.92 Å². The van der Waals surface area contributed by atoms with Crippen LogP contribution in [0.25, 0.3) is 5.53 Å². The molecule has 0 bridgehead atoms. The predicted molar refractivity (Wildman–Crippen MR) is 38.4 cm³/mol. The Bertz CT molecular complexity index is 278. The van der Waals surface area contributed by atoms with E-state index < -0.39 is 0 Å². The van der Waals surface area contributed by atoms with Gasteiger partial charge in [0.25, 0.3) is 0 Å². The summed E-state index contributed by atoms with van der Waals surface area (Å²) in [5.74, 6) is -1.01. The highest BCUT2D eigenvalue weighted by Crippen LogP contribution is 2.16. The van der Waals surface area contributed by atoms with Crippen LogP contribution in [0.5, 0.6) is 0 Å². The quantitative estimate of drug-likeness (QED) is 0.253. The average Bonchev–Trinajstić information content (AvgIpc) is 2.09. The molecule has 0 aliphatic carbocycles. The summed E-state index contributed by atoms with van der Waals surface area (Å²) >= 11 is 0. The Balaban J connectivity index is 2.46. The molecule has 1 saturated heterocycles. The second kappa shape index (κ2) is 3.28. The van der Waals surface area contributed by atoms with E-state index in [4.69, 9.17) is 5.53 Å². The zero-order chi connectivity index (χ0) is 9.14. The molecule has 64 valence electrons. The molecule has 0 unspecified atom stereocenters. The molecule has 1 aliphatic heterocycles. The van der Waals surface area contributed by atoms with Crippen molar-refractivity contribution in [2.24, 2.45) is 5.92 Å². The summed E-state index contributed by atoms with van der Waals surface area (Å²) in [6, 6.07) is 0. The van der Waals surface area contributed by atoms with Crippen LogP contribution in [-0.4, -0.2) is 28.9 Å². The van der Waals surface area contributed by atoms with Gasteiger partial charge >= 0.3 is 11.7 Å². The Hall–Kier alpha value is -1.48. The number of ketones is 1. The topological polar surface area (TPSA) is 79.8 Å². The second-order valence-electron chi connectivity index (χ2n) is 2.64. The first-order valence-electron chi connectivity index (χ1n) is 3.53. The maximum absolute atomic E-state index is 11.0. The smallest absolute Gasteiger partial charge is 0.331 e. The first kappa shape index (κ1) is 8.62. The van der Waals surface area contributed by atoms with E-state index in [0.717, 1.165) is 0 Å². The van der Waals surface area contributed by atoms with E-state index in [2.05, 4.69) is 9.53 Å². The number of hydrogen-bond acceptors (Lipinski definition) is 3. The van der Waals surface area contributed by atoms with Gasteiger partial charge in [0, 0.05) is 13.3 Å². The molecule has 0 spiro atoms. The molecule has 1 aliphatic rings. The Morgan fingerprint density at radius 1 is 1.83 bits per heavy atom. The maximum atomic E-state index is 11.0. The average molecular weight is 168 g/mol. The highest BCUT2D eigenvalue weighted by Gasteiger charge is 2.34. The van der Waals surface area contributed by atoms with Crippen LogP contribution in [0.1, 0.15) is 13.3 Å². The third kappa shape index (κ3) is 1.57. The largest absolute Gasteiger partial charge is 0.464 e. The number of esters is 1. The number of Topliss-reactive ketones (excluding diaryl/α,β-unsaturated/α-hetero) is 1. The van der Waals surface area contributed by atoms with Crippen molar-refractivity contribution in [1.82, 2.24) is 0 Å². The van der Waals surface area contributed by atoms with E-state index >= 15 is 0 Å². The van der Waals surface area contributed by atoms with Crippen LogP contribution in [-0.2, 0) is 14.3 Å².